The van der Waals surface area contributed by atoms with Crippen molar-refractivity contribution >= 4 is 22.0 Å². The maximum atomic E-state index is 13.8. The molecule has 4 aromatic rings. The van der Waals surface area contributed by atoms with Gasteiger partial charge in [-0.3, -0.25) is 5.10 Å². The second kappa shape index (κ2) is 8.40. The fourth-order valence-corrected chi connectivity index (χ4v) is 7.01. The summed E-state index contributed by atoms with van der Waals surface area (Å²) in [7, 11) is 1.48. The van der Waals surface area contributed by atoms with Crippen molar-refractivity contribution in [1.29, 1.82) is 0 Å². The zero-order chi connectivity index (χ0) is 26.2. The number of nitrogens with one attached hydrogen (secondary N) is 1. The molecule has 2 aliphatic heterocycles. The number of fused-ring (bicyclic) bond motifs is 1. The van der Waals surface area contributed by atoms with Crippen molar-refractivity contribution in [2.45, 2.75) is 32.4 Å². The molecule has 38 heavy (non-hydrogen) atoms. The van der Waals surface area contributed by atoms with Crippen LogP contribution in [-0.4, -0.2) is 80.7 Å². The van der Waals surface area contributed by atoms with Crippen LogP contribution in [0.25, 0.3) is 27.6 Å². The van der Waals surface area contributed by atoms with Crippen LogP contribution in [-0.2, 0) is 6.42 Å². The molecule has 9 nitrogen and oxygen atoms in total. The molecule has 0 atom stereocenters. The highest BCUT2D eigenvalue weighted by Gasteiger charge is 2.52. The summed E-state index contributed by atoms with van der Waals surface area (Å²) in [6.07, 6.45) is 0.142. The largest absolute Gasteiger partial charge is 0.493 e. The molecule has 0 aromatic carbocycles. The fraction of sp³-hybridized carbons (Fsp3) is 0.520. The lowest BCUT2D eigenvalue weighted by molar-refractivity contribution is -0.127. The van der Waals surface area contributed by atoms with E-state index in [4.69, 9.17) is 4.74 Å². The number of halogens is 3. The number of aromatic amines is 1. The second-order valence-corrected chi connectivity index (χ2v) is 11.9. The topological polar surface area (TPSA) is 87.5 Å². The minimum absolute atomic E-state index is 0.0501. The van der Waals surface area contributed by atoms with Gasteiger partial charge in [-0.1, -0.05) is 11.3 Å². The van der Waals surface area contributed by atoms with E-state index in [0.717, 1.165) is 42.8 Å². The number of nitrogens with zero attached hydrogens (tertiary/aromatic N) is 7. The number of aryl methyl sites for hydroxylation is 1. The van der Waals surface area contributed by atoms with Gasteiger partial charge in [0.05, 0.1) is 30.6 Å². The molecule has 200 valence electrons. The van der Waals surface area contributed by atoms with Gasteiger partial charge in [0.1, 0.15) is 16.3 Å². The van der Waals surface area contributed by atoms with Gasteiger partial charge < -0.3 is 14.5 Å². The average molecular weight is 545 g/mol. The van der Waals surface area contributed by atoms with Crippen LogP contribution in [0.3, 0.4) is 0 Å². The van der Waals surface area contributed by atoms with Gasteiger partial charge in [0.25, 0.3) is 0 Å². The zero-order valence-electron chi connectivity index (χ0n) is 21.0. The molecule has 3 aliphatic rings. The van der Waals surface area contributed by atoms with E-state index in [1.165, 1.54) is 48.7 Å². The van der Waals surface area contributed by atoms with E-state index in [2.05, 4.69) is 35.1 Å². The Bertz CT molecular complexity index is 1510. The van der Waals surface area contributed by atoms with Gasteiger partial charge >= 0.3 is 6.18 Å². The summed E-state index contributed by atoms with van der Waals surface area (Å²) in [4.78, 5) is 13.7. The van der Waals surface area contributed by atoms with E-state index in [-0.39, 0.29) is 11.3 Å². The van der Waals surface area contributed by atoms with Crippen molar-refractivity contribution in [2.24, 2.45) is 11.3 Å². The average Bonchev–Trinajstić information content (AvgIpc) is 3.18. The standard InChI is InChI=1S/C25H27F3N8OS/c1-14-23(35-11-24(12-35)9-34(10-24)7-15-3-4-15)38-22(31-14)20-17(6-25(26,27)28)19(32-33-20)16-5-18(37-2)21-29-13-30-36(21)8-16/h5,8,13,15H,3-4,6-7,9-12H2,1-2H3,(H,32,33). The van der Waals surface area contributed by atoms with Crippen molar-refractivity contribution < 1.29 is 17.9 Å². The minimum atomic E-state index is -4.43. The number of anilines is 1. The minimum Gasteiger partial charge on any atom is -0.493 e. The summed E-state index contributed by atoms with van der Waals surface area (Å²) in [5.74, 6) is 1.30. The van der Waals surface area contributed by atoms with Gasteiger partial charge in [-0.2, -0.15) is 23.4 Å². The molecular weight excluding hydrogens is 517 g/mol. The highest BCUT2D eigenvalue weighted by Crippen LogP contribution is 2.47. The first-order valence-corrected chi connectivity index (χ1v) is 13.5. The Morgan fingerprint density at radius 3 is 2.71 bits per heavy atom. The molecule has 1 spiro atoms. The first-order chi connectivity index (χ1) is 18.2. The molecule has 1 aliphatic carbocycles. The predicted octanol–water partition coefficient (Wildman–Crippen LogP) is 4.20. The lowest BCUT2D eigenvalue weighted by atomic mass is 9.73. The fourth-order valence-electron chi connectivity index (χ4n) is 5.92. The van der Waals surface area contributed by atoms with Crippen LogP contribution in [0, 0.1) is 18.3 Å². The summed E-state index contributed by atoms with van der Waals surface area (Å²) in [5, 5.41) is 12.8. The molecule has 0 amide bonds. The van der Waals surface area contributed by atoms with Crippen LogP contribution in [0.1, 0.15) is 24.1 Å². The van der Waals surface area contributed by atoms with E-state index in [0.29, 0.717) is 33.1 Å². The number of alkyl halides is 3. The number of hydrogen-bond donors (Lipinski definition) is 1. The van der Waals surface area contributed by atoms with Crippen LogP contribution < -0.4 is 9.64 Å². The van der Waals surface area contributed by atoms with Crippen molar-refractivity contribution in [3.8, 4) is 27.7 Å². The molecule has 7 rings (SSSR count). The number of pyridine rings is 1. The number of hydrogen-bond acceptors (Lipinski definition) is 8. The first-order valence-electron chi connectivity index (χ1n) is 12.7. The van der Waals surface area contributed by atoms with Crippen LogP contribution in [0.2, 0.25) is 0 Å². The van der Waals surface area contributed by atoms with E-state index >= 15 is 0 Å². The summed E-state index contributed by atoms with van der Waals surface area (Å²) in [6.45, 7) is 7.37. The van der Waals surface area contributed by atoms with Crippen LogP contribution in [0.5, 0.6) is 5.75 Å². The van der Waals surface area contributed by atoms with Crippen molar-refractivity contribution in [3.63, 3.8) is 0 Å². The van der Waals surface area contributed by atoms with E-state index in [9.17, 15) is 13.2 Å². The molecule has 0 bridgehead atoms. The highest BCUT2D eigenvalue weighted by atomic mass is 32.1. The lowest BCUT2D eigenvalue weighted by Crippen LogP contribution is -2.72. The predicted molar refractivity (Wildman–Crippen MR) is 137 cm³/mol. The lowest BCUT2D eigenvalue weighted by Gasteiger charge is -2.61. The van der Waals surface area contributed by atoms with Crippen LogP contribution >= 0.6 is 11.3 Å². The van der Waals surface area contributed by atoms with Crippen molar-refractivity contribution in [2.75, 3.05) is 44.7 Å². The van der Waals surface area contributed by atoms with Gasteiger partial charge in [-0.05, 0) is 31.7 Å². The molecule has 0 radical (unpaired) electrons. The molecule has 1 N–H and O–H groups in total. The Kier molecular flexibility index (Phi) is 5.28. The first kappa shape index (κ1) is 23.9. The van der Waals surface area contributed by atoms with Gasteiger partial charge in [-0.25, -0.2) is 14.5 Å². The SMILES string of the molecule is COc1cc(-c2n[nH]c(-c3nc(C)c(N4CC5(CN(CC6CC6)C5)C4)s3)c2CC(F)(F)F)cn2ncnc12. The quantitative estimate of drug-likeness (QED) is 0.373. The van der Waals surface area contributed by atoms with Crippen molar-refractivity contribution in [3.05, 3.63) is 29.8 Å². The van der Waals surface area contributed by atoms with Gasteiger partial charge in [-0.15, -0.1) is 0 Å². The summed E-state index contributed by atoms with van der Waals surface area (Å²) in [5.41, 5.74) is 2.63. The van der Waals surface area contributed by atoms with E-state index in [1.807, 2.05) is 6.92 Å². The molecule has 4 aromatic heterocycles. The molecule has 0 unspecified atom stereocenters. The molecule has 3 fully saturated rings. The van der Waals surface area contributed by atoms with Crippen LogP contribution in [0.4, 0.5) is 18.2 Å². The van der Waals surface area contributed by atoms with E-state index < -0.39 is 12.6 Å². The third-order valence-corrected chi connectivity index (χ3v) is 8.97. The Balaban J connectivity index is 1.18. The number of ether oxygens (including phenoxy) is 1. The molecular formula is C25H27F3N8OS. The number of likely N-dealkylation sites (tertiary alicyclic amines) is 1. The number of H-pyrrole nitrogens is 1. The third kappa shape index (κ3) is 4.12. The van der Waals surface area contributed by atoms with Gasteiger partial charge in [0.2, 0.25) is 0 Å². The van der Waals surface area contributed by atoms with Gasteiger partial charge in [0, 0.05) is 55.5 Å². The normalized spacial score (nSPS) is 19.2. The number of aromatic nitrogens is 6. The number of methoxy groups -OCH3 is 1. The Morgan fingerprint density at radius 2 is 2.00 bits per heavy atom. The molecule has 13 heteroatoms. The maximum Gasteiger partial charge on any atom is 0.393 e. The molecule has 2 saturated heterocycles. The summed E-state index contributed by atoms with van der Waals surface area (Å²) in [6, 6.07) is 1.63. The van der Waals surface area contributed by atoms with Crippen molar-refractivity contribution in [1.82, 2.24) is 34.7 Å². The summed E-state index contributed by atoms with van der Waals surface area (Å²) >= 11 is 1.42. The van der Waals surface area contributed by atoms with E-state index in [1.54, 1.807) is 12.3 Å². The number of rotatable bonds is 7. The Morgan fingerprint density at radius 1 is 1.21 bits per heavy atom. The zero-order valence-corrected chi connectivity index (χ0v) is 21.9. The van der Waals surface area contributed by atoms with Gasteiger partial charge in [0.15, 0.2) is 11.4 Å². The van der Waals surface area contributed by atoms with Crippen LogP contribution in [0.15, 0.2) is 18.6 Å². The highest BCUT2D eigenvalue weighted by molar-refractivity contribution is 7.19. The Labute approximate surface area is 220 Å². The Hall–Kier alpha value is -3.19. The number of thiazole rings is 1. The maximum absolute atomic E-state index is 13.8. The monoisotopic (exact) mass is 544 g/mol. The summed E-state index contributed by atoms with van der Waals surface area (Å²) < 4.78 is 48.1. The molecule has 6 heterocycles. The third-order valence-electron chi connectivity index (χ3n) is 7.74. The molecule has 1 saturated carbocycles. The second-order valence-electron chi connectivity index (χ2n) is 10.9. The smallest absolute Gasteiger partial charge is 0.393 e.